The lowest BCUT2D eigenvalue weighted by Gasteiger charge is -2.14. The number of nitrogens with one attached hydrogen (secondary N) is 1. The quantitative estimate of drug-likeness (QED) is 0.617. The summed E-state index contributed by atoms with van der Waals surface area (Å²) in [5.41, 5.74) is 6.76. The van der Waals surface area contributed by atoms with Gasteiger partial charge in [-0.1, -0.05) is 24.3 Å². The van der Waals surface area contributed by atoms with E-state index >= 15 is 0 Å². The first-order chi connectivity index (χ1) is 9.24. The van der Waals surface area contributed by atoms with Gasteiger partial charge in [0.25, 0.3) is 0 Å². The third-order valence-corrected chi connectivity index (χ3v) is 3.54. The Morgan fingerprint density at radius 3 is 2.79 bits per heavy atom. The maximum absolute atomic E-state index is 5.67. The molecule has 2 aromatic rings. The van der Waals surface area contributed by atoms with Crippen molar-refractivity contribution in [1.82, 2.24) is 15.2 Å². The van der Waals surface area contributed by atoms with Crippen LogP contribution >= 0.6 is 0 Å². The monoisotopic (exact) mass is 258 g/mol. The van der Waals surface area contributed by atoms with Crippen molar-refractivity contribution in [2.24, 2.45) is 5.84 Å². The minimum absolute atomic E-state index is 0.153. The van der Waals surface area contributed by atoms with Gasteiger partial charge < -0.3 is 0 Å². The predicted molar refractivity (Wildman–Crippen MR) is 77.5 cm³/mol. The van der Waals surface area contributed by atoms with E-state index in [0.29, 0.717) is 0 Å². The Labute approximate surface area is 114 Å². The lowest BCUT2D eigenvalue weighted by Crippen LogP contribution is -2.28. The van der Waals surface area contributed by atoms with Gasteiger partial charge in [-0.05, 0) is 37.8 Å². The van der Waals surface area contributed by atoms with Gasteiger partial charge in [-0.2, -0.15) is 5.10 Å². The zero-order valence-electron chi connectivity index (χ0n) is 11.6. The van der Waals surface area contributed by atoms with Crippen LogP contribution in [0.15, 0.2) is 36.7 Å². The summed E-state index contributed by atoms with van der Waals surface area (Å²) >= 11 is 0. The molecule has 102 valence electrons. The van der Waals surface area contributed by atoms with Gasteiger partial charge in [-0.15, -0.1) is 0 Å². The van der Waals surface area contributed by atoms with Crippen LogP contribution in [0, 0.1) is 6.92 Å². The minimum atomic E-state index is 0.153. The van der Waals surface area contributed by atoms with Crippen molar-refractivity contribution in [1.29, 1.82) is 0 Å². The Bertz CT molecular complexity index is 518. The highest BCUT2D eigenvalue weighted by Gasteiger charge is 2.12. The second-order valence-corrected chi connectivity index (χ2v) is 4.81. The van der Waals surface area contributed by atoms with Gasteiger partial charge >= 0.3 is 0 Å². The minimum Gasteiger partial charge on any atom is -0.273 e. The molecular weight excluding hydrogens is 236 g/mol. The zero-order valence-corrected chi connectivity index (χ0v) is 11.6. The molecule has 0 saturated heterocycles. The Hall–Kier alpha value is -1.65. The van der Waals surface area contributed by atoms with E-state index in [2.05, 4.69) is 54.8 Å². The molecule has 19 heavy (non-hydrogen) atoms. The van der Waals surface area contributed by atoms with Crippen LogP contribution in [0.1, 0.15) is 36.1 Å². The number of benzene rings is 1. The van der Waals surface area contributed by atoms with Crippen molar-refractivity contribution in [3.05, 3.63) is 53.3 Å². The molecule has 2 rings (SSSR count). The first kappa shape index (κ1) is 13.8. The number of aromatic nitrogens is 2. The van der Waals surface area contributed by atoms with Gasteiger partial charge in [0, 0.05) is 24.3 Å². The number of rotatable bonds is 6. The first-order valence-electron chi connectivity index (χ1n) is 6.77. The Morgan fingerprint density at radius 2 is 2.16 bits per heavy atom. The predicted octanol–water partition coefficient (Wildman–Crippen LogP) is 2.35. The van der Waals surface area contributed by atoms with Gasteiger partial charge in [0.05, 0.1) is 6.20 Å². The first-order valence-corrected chi connectivity index (χ1v) is 6.77. The van der Waals surface area contributed by atoms with Crippen molar-refractivity contribution in [3.63, 3.8) is 0 Å². The SMILES string of the molecule is CCn1cc(C(CCc2ccccc2C)NN)cn1. The standard InChI is InChI=1S/C15H22N4/c1-3-19-11-14(10-17-19)15(18-16)9-8-13-7-5-4-6-12(13)2/h4-7,10-11,15,18H,3,8-9,16H2,1-2H3. The lowest BCUT2D eigenvalue weighted by molar-refractivity contribution is 0.515. The van der Waals surface area contributed by atoms with Gasteiger partial charge in [0.1, 0.15) is 0 Å². The summed E-state index contributed by atoms with van der Waals surface area (Å²) in [4.78, 5) is 0. The molecule has 4 heteroatoms. The molecule has 3 N–H and O–H groups in total. The summed E-state index contributed by atoms with van der Waals surface area (Å²) in [6.07, 6.45) is 5.93. The van der Waals surface area contributed by atoms with Gasteiger partial charge in [0.2, 0.25) is 0 Å². The van der Waals surface area contributed by atoms with Crippen molar-refractivity contribution in [2.45, 2.75) is 39.3 Å². The van der Waals surface area contributed by atoms with E-state index in [1.165, 1.54) is 11.1 Å². The smallest absolute Gasteiger partial charge is 0.0538 e. The molecular formula is C15H22N4. The molecule has 0 radical (unpaired) electrons. The molecule has 0 aliphatic heterocycles. The summed E-state index contributed by atoms with van der Waals surface area (Å²) in [7, 11) is 0. The van der Waals surface area contributed by atoms with Crippen LogP contribution in [0.3, 0.4) is 0 Å². The van der Waals surface area contributed by atoms with Crippen LogP contribution < -0.4 is 11.3 Å². The molecule has 0 aliphatic rings. The Morgan fingerprint density at radius 1 is 1.37 bits per heavy atom. The third-order valence-electron chi connectivity index (χ3n) is 3.54. The topological polar surface area (TPSA) is 55.9 Å². The maximum Gasteiger partial charge on any atom is 0.0538 e. The molecule has 0 amide bonds. The summed E-state index contributed by atoms with van der Waals surface area (Å²) < 4.78 is 1.92. The maximum atomic E-state index is 5.67. The molecule has 0 saturated carbocycles. The number of aryl methyl sites for hydroxylation is 3. The largest absolute Gasteiger partial charge is 0.273 e. The molecule has 0 spiro atoms. The Kier molecular flexibility index (Phi) is 4.71. The molecule has 1 aromatic carbocycles. The molecule has 1 unspecified atom stereocenters. The van der Waals surface area contributed by atoms with E-state index in [4.69, 9.17) is 5.84 Å². The second-order valence-electron chi connectivity index (χ2n) is 4.81. The summed E-state index contributed by atoms with van der Waals surface area (Å²) in [5, 5.41) is 4.30. The molecule has 1 atom stereocenters. The molecule has 0 bridgehead atoms. The average molecular weight is 258 g/mol. The van der Waals surface area contributed by atoms with Crippen LogP contribution in [0.25, 0.3) is 0 Å². The molecule has 0 fully saturated rings. The van der Waals surface area contributed by atoms with E-state index in [1.807, 2.05) is 10.9 Å². The van der Waals surface area contributed by atoms with E-state index in [-0.39, 0.29) is 6.04 Å². The fraction of sp³-hybridized carbons (Fsp3) is 0.400. The number of nitrogens with zero attached hydrogens (tertiary/aromatic N) is 2. The lowest BCUT2D eigenvalue weighted by atomic mass is 9.99. The second kappa shape index (κ2) is 6.50. The Balaban J connectivity index is 2.02. The van der Waals surface area contributed by atoms with Crippen LogP contribution in [0.2, 0.25) is 0 Å². The average Bonchev–Trinajstić information content (AvgIpc) is 2.90. The van der Waals surface area contributed by atoms with E-state index in [9.17, 15) is 0 Å². The van der Waals surface area contributed by atoms with E-state index in [1.54, 1.807) is 0 Å². The van der Waals surface area contributed by atoms with Crippen LogP contribution in [-0.4, -0.2) is 9.78 Å². The van der Waals surface area contributed by atoms with Crippen LogP contribution in [0.4, 0.5) is 0 Å². The molecule has 1 heterocycles. The van der Waals surface area contributed by atoms with E-state index < -0.39 is 0 Å². The number of hydrogen-bond acceptors (Lipinski definition) is 3. The summed E-state index contributed by atoms with van der Waals surface area (Å²) in [6, 6.07) is 8.64. The number of hydrogen-bond donors (Lipinski definition) is 2. The van der Waals surface area contributed by atoms with Crippen LogP contribution in [-0.2, 0) is 13.0 Å². The number of hydrazine groups is 1. The van der Waals surface area contributed by atoms with Gasteiger partial charge in [0.15, 0.2) is 0 Å². The van der Waals surface area contributed by atoms with Crippen molar-refractivity contribution >= 4 is 0 Å². The van der Waals surface area contributed by atoms with Crippen molar-refractivity contribution < 1.29 is 0 Å². The highest BCUT2D eigenvalue weighted by atomic mass is 15.3. The van der Waals surface area contributed by atoms with Gasteiger partial charge in [-0.25, -0.2) is 0 Å². The molecule has 0 aliphatic carbocycles. The molecule has 4 nitrogen and oxygen atoms in total. The van der Waals surface area contributed by atoms with Gasteiger partial charge in [-0.3, -0.25) is 16.0 Å². The van der Waals surface area contributed by atoms with Crippen molar-refractivity contribution in [2.75, 3.05) is 0 Å². The summed E-state index contributed by atoms with van der Waals surface area (Å²) in [5.74, 6) is 5.67. The highest BCUT2D eigenvalue weighted by Crippen LogP contribution is 2.19. The normalized spacial score (nSPS) is 12.6. The summed E-state index contributed by atoms with van der Waals surface area (Å²) in [6.45, 7) is 5.11. The van der Waals surface area contributed by atoms with E-state index in [0.717, 1.165) is 24.9 Å². The number of nitrogens with two attached hydrogens (primary N) is 1. The van der Waals surface area contributed by atoms with Crippen LogP contribution in [0.5, 0.6) is 0 Å². The fourth-order valence-electron chi connectivity index (χ4n) is 2.27. The highest BCUT2D eigenvalue weighted by molar-refractivity contribution is 5.26. The zero-order chi connectivity index (χ0) is 13.7. The fourth-order valence-corrected chi connectivity index (χ4v) is 2.27. The van der Waals surface area contributed by atoms with Crippen molar-refractivity contribution in [3.8, 4) is 0 Å². The molecule has 1 aromatic heterocycles. The third kappa shape index (κ3) is 3.43.